The van der Waals surface area contributed by atoms with Gasteiger partial charge in [-0.1, -0.05) is 25.3 Å². The van der Waals surface area contributed by atoms with Gasteiger partial charge >= 0.3 is 0 Å². The Kier molecular flexibility index (Phi) is 5.68. The van der Waals surface area contributed by atoms with Gasteiger partial charge in [-0.05, 0) is 48.4 Å². The van der Waals surface area contributed by atoms with Crippen LogP contribution in [0.15, 0.2) is 28.1 Å². The van der Waals surface area contributed by atoms with Crippen molar-refractivity contribution in [2.75, 3.05) is 21.3 Å². The molecule has 2 aliphatic rings. The van der Waals surface area contributed by atoms with E-state index in [1.807, 2.05) is 29.2 Å². The van der Waals surface area contributed by atoms with Crippen LogP contribution in [0.2, 0.25) is 0 Å². The van der Waals surface area contributed by atoms with Gasteiger partial charge in [0.1, 0.15) is 0 Å². The molecule has 0 unspecified atom stereocenters. The highest BCUT2D eigenvalue weighted by Crippen LogP contribution is 2.38. The number of methoxy groups -OCH3 is 2. The second-order valence-electron chi connectivity index (χ2n) is 6.20. The van der Waals surface area contributed by atoms with Crippen molar-refractivity contribution in [2.24, 2.45) is 4.99 Å². The molecule has 6 heteroatoms. The monoisotopic (exact) mass is 360 g/mol. The summed E-state index contributed by atoms with van der Waals surface area (Å²) >= 11 is 1.45. The number of thioether (sulfide) groups is 1. The Hall–Kier alpha value is -1.95. The number of aliphatic imine (C=N–C) groups is 1. The fourth-order valence-corrected chi connectivity index (χ4v) is 4.40. The minimum atomic E-state index is 0.0623. The highest BCUT2D eigenvalue weighted by atomic mass is 32.2. The number of carbonyl (C=O) groups excluding carboxylic acids is 1. The number of hydrogen-bond acceptors (Lipinski definition) is 5. The maximum absolute atomic E-state index is 13.0. The number of rotatable bonds is 4. The Labute approximate surface area is 153 Å². The number of benzene rings is 1. The minimum Gasteiger partial charge on any atom is -0.493 e. The van der Waals surface area contributed by atoms with Crippen LogP contribution in [0.4, 0.5) is 0 Å². The summed E-state index contributed by atoms with van der Waals surface area (Å²) in [6.45, 7) is 0. The van der Waals surface area contributed by atoms with E-state index in [-0.39, 0.29) is 11.9 Å². The lowest BCUT2D eigenvalue weighted by molar-refractivity contribution is -0.124. The zero-order valence-electron chi connectivity index (χ0n) is 14.9. The molecular formula is C19H24N2O3S. The average molecular weight is 360 g/mol. The first-order valence-electron chi connectivity index (χ1n) is 8.60. The van der Waals surface area contributed by atoms with Crippen LogP contribution in [0.5, 0.6) is 11.5 Å². The first kappa shape index (κ1) is 17.9. The third kappa shape index (κ3) is 3.68. The summed E-state index contributed by atoms with van der Waals surface area (Å²) < 4.78 is 10.6. The Morgan fingerprint density at radius 3 is 2.52 bits per heavy atom. The molecule has 1 aromatic rings. The van der Waals surface area contributed by atoms with Gasteiger partial charge in [0.25, 0.3) is 5.91 Å². The maximum atomic E-state index is 13.0. The molecule has 1 saturated carbocycles. The molecule has 134 valence electrons. The van der Waals surface area contributed by atoms with Crippen molar-refractivity contribution in [1.29, 1.82) is 0 Å². The van der Waals surface area contributed by atoms with E-state index in [1.54, 1.807) is 21.3 Å². The van der Waals surface area contributed by atoms with Gasteiger partial charge in [-0.25, -0.2) is 0 Å². The van der Waals surface area contributed by atoms with E-state index in [1.165, 1.54) is 31.0 Å². The Morgan fingerprint density at radius 2 is 1.88 bits per heavy atom. The van der Waals surface area contributed by atoms with E-state index in [4.69, 9.17) is 9.47 Å². The molecule has 0 radical (unpaired) electrons. The molecule has 1 aliphatic carbocycles. The summed E-state index contributed by atoms with van der Waals surface area (Å²) in [7, 11) is 4.97. The van der Waals surface area contributed by atoms with Gasteiger partial charge in [-0.15, -0.1) is 0 Å². The molecule has 1 amide bonds. The zero-order valence-corrected chi connectivity index (χ0v) is 15.8. The molecule has 1 aliphatic heterocycles. The largest absolute Gasteiger partial charge is 0.493 e. The molecular weight excluding hydrogens is 336 g/mol. The van der Waals surface area contributed by atoms with Crippen LogP contribution in [0, 0.1) is 0 Å². The standard InChI is InChI=1S/C19H24N2O3S/c1-20-19-21(14-7-5-4-6-8-14)18(22)17(25-19)12-13-9-10-15(23-2)16(11-13)24-3/h9-12,14H,4-8H2,1-3H3/b17-12+,20-19?. The van der Waals surface area contributed by atoms with Gasteiger partial charge in [-0.3, -0.25) is 14.7 Å². The fourth-order valence-electron chi connectivity index (χ4n) is 3.40. The van der Waals surface area contributed by atoms with E-state index in [0.717, 1.165) is 23.6 Å². The summed E-state index contributed by atoms with van der Waals surface area (Å²) in [6, 6.07) is 5.94. The lowest BCUT2D eigenvalue weighted by Crippen LogP contribution is -2.40. The first-order valence-corrected chi connectivity index (χ1v) is 9.41. The van der Waals surface area contributed by atoms with Crippen molar-refractivity contribution in [3.05, 3.63) is 28.7 Å². The van der Waals surface area contributed by atoms with Crippen molar-refractivity contribution < 1.29 is 14.3 Å². The van der Waals surface area contributed by atoms with Gasteiger partial charge in [0.2, 0.25) is 0 Å². The van der Waals surface area contributed by atoms with Crippen LogP contribution in [0.25, 0.3) is 6.08 Å². The summed E-state index contributed by atoms with van der Waals surface area (Å²) in [6.07, 6.45) is 7.67. The van der Waals surface area contributed by atoms with Gasteiger partial charge in [0.15, 0.2) is 16.7 Å². The number of amidine groups is 1. The zero-order chi connectivity index (χ0) is 17.8. The first-order chi connectivity index (χ1) is 12.2. The molecule has 1 saturated heterocycles. The van der Waals surface area contributed by atoms with Crippen LogP contribution in [-0.2, 0) is 4.79 Å². The van der Waals surface area contributed by atoms with Gasteiger partial charge in [0.05, 0.1) is 19.1 Å². The minimum absolute atomic E-state index is 0.0623. The third-order valence-corrected chi connectivity index (χ3v) is 5.75. The van der Waals surface area contributed by atoms with Gasteiger partial charge in [0, 0.05) is 13.1 Å². The van der Waals surface area contributed by atoms with E-state index in [9.17, 15) is 4.79 Å². The van der Waals surface area contributed by atoms with Crippen LogP contribution >= 0.6 is 11.8 Å². The Morgan fingerprint density at radius 1 is 1.16 bits per heavy atom. The van der Waals surface area contributed by atoms with Crippen molar-refractivity contribution in [2.45, 2.75) is 38.1 Å². The van der Waals surface area contributed by atoms with E-state index in [2.05, 4.69) is 4.99 Å². The lowest BCUT2D eigenvalue weighted by atomic mass is 9.94. The van der Waals surface area contributed by atoms with Crippen molar-refractivity contribution in [1.82, 2.24) is 4.90 Å². The predicted molar refractivity (Wildman–Crippen MR) is 102 cm³/mol. The fraction of sp³-hybridized carbons (Fsp3) is 0.474. The Balaban J connectivity index is 1.87. The van der Waals surface area contributed by atoms with Gasteiger partial charge < -0.3 is 9.47 Å². The maximum Gasteiger partial charge on any atom is 0.266 e. The second-order valence-corrected chi connectivity index (χ2v) is 7.21. The summed E-state index contributed by atoms with van der Waals surface area (Å²) in [5.74, 6) is 1.39. The number of hydrogen-bond donors (Lipinski definition) is 0. The van der Waals surface area contributed by atoms with Crippen molar-refractivity contribution >= 4 is 28.9 Å². The molecule has 0 N–H and O–H groups in total. The highest BCUT2D eigenvalue weighted by molar-refractivity contribution is 8.18. The third-order valence-electron chi connectivity index (χ3n) is 4.67. The highest BCUT2D eigenvalue weighted by Gasteiger charge is 2.38. The quantitative estimate of drug-likeness (QED) is 0.763. The van der Waals surface area contributed by atoms with Crippen molar-refractivity contribution in [3.63, 3.8) is 0 Å². The molecule has 0 bridgehead atoms. The van der Waals surface area contributed by atoms with E-state index >= 15 is 0 Å². The number of carbonyl (C=O) groups is 1. The molecule has 0 spiro atoms. The molecule has 0 aromatic heterocycles. The van der Waals surface area contributed by atoms with Crippen molar-refractivity contribution in [3.8, 4) is 11.5 Å². The normalized spacial score (nSPS) is 22.0. The lowest BCUT2D eigenvalue weighted by Gasteiger charge is -2.30. The van der Waals surface area contributed by atoms with Crippen LogP contribution in [0.3, 0.4) is 0 Å². The molecule has 2 fully saturated rings. The SMILES string of the molecule is CN=C1S/C(=C/c2ccc(OC)c(OC)c2)C(=O)N1C1CCCCC1. The summed E-state index contributed by atoms with van der Waals surface area (Å²) in [5.41, 5.74) is 0.912. The second kappa shape index (κ2) is 7.95. The molecule has 3 rings (SSSR count). The molecule has 1 heterocycles. The Bertz CT molecular complexity index is 709. The topological polar surface area (TPSA) is 51.1 Å². The van der Waals surface area contributed by atoms with Crippen LogP contribution in [-0.4, -0.2) is 43.3 Å². The molecule has 1 aromatic carbocycles. The van der Waals surface area contributed by atoms with E-state index in [0.29, 0.717) is 16.4 Å². The molecule has 25 heavy (non-hydrogen) atoms. The summed E-state index contributed by atoms with van der Waals surface area (Å²) in [5, 5.41) is 0.809. The summed E-state index contributed by atoms with van der Waals surface area (Å²) in [4.78, 5) is 19.9. The van der Waals surface area contributed by atoms with Crippen LogP contribution < -0.4 is 9.47 Å². The van der Waals surface area contributed by atoms with Gasteiger partial charge in [-0.2, -0.15) is 0 Å². The number of amides is 1. The van der Waals surface area contributed by atoms with Crippen LogP contribution in [0.1, 0.15) is 37.7 Å². The predicted octanol–water partition coefficient (Wildman–Crippen LogP) is 3.94. The average Bonchev–Trinajstić information content (AvgIpc) is 2.97. The number of ether oxygens (including phenoxy) is 2. The van der Waals surface area contributed by atoms with E-state index < -0.39 is 0 Å². The smallest absolute Gasteiger partial charge is 0.266 e. The number of nitrogens with zero attached hydrogens (tertiary/aromatic N) is 2. The molecule has 0 atom stereocenters. The molecule has 5 nitrogen and oxygen atoms in total.